The Hall–Kier alpha value is -2.66. The van der Waals surface area contributed by atoms with Crippen LogP contribution in [0.4, 0.5) is 5.69 Å². The van der Waals surface area contributed by atoms with Crippen molar-refractivity contribution in [1.82, 2.24) is 4.98 Å². The first-order chi connectivity index (χ1) is 12.1. The molecule has 0 unspecified atom stereocenters. The highest BCUT2D eigenvalue weighted by Crippen LogP contribution is 2.35. The lowest BCUT2D eigenvalue weighted by molar-refractivity contribution is -0.118. The van der Waals surface area contributed by atoms with Gasteiger partial charge in [-0.25, -0.2) is 4.98 Å². The number of carbonyl (C=O) groups excluding carboxylic acids is 1. The van der Waals surface area contributed by atoms with Gasteiger partial charge >= 0.3 is 0 Å². The minimum atomic E-state index is -0.131. The second-order valence-corrected chi connectivity index (χ2v) is 7.22. The normalized spacial score (nSPS) is 13.3. The first-order valence-corrected chi connectivity index (χ1v) is 9.11. The maximum absolute atomic E-state index is 11.5. The van der Waals surface area contributed by atoms with Gasteiger partial charge < -0.3 is 10.1 Å². The summed E-state index contributed by atoms with van der Waals surface area (Å²) in [6.45, 7) is 4.45. The predicted molar refractivity (Wildman–Crippen MR) is 101 cm³/mol. The van der Waals surface area contributed by atoms with E-state index in [1.807, 2.05) is 23.6 Å². The SMILES string of the molecule is CC(C)c1ccc(-c2nc(-c3ccc4c(c3)NC(=O)CO4)cs2)cc1. The van der Waals surface area contributed by atoms with E-state index in [0.717, 1.165) is 21.8 Å². The van der Waals surface area contributed by atoms with Gasteiger partial charge in [0.1, 0.15) is 10.8 Å². The van der Waals surface area contributed by atoms with Gasteiger partial charge in [0.2, 0.25) is 0 Å². The molecule has 1 aliphatic rings. The molecule has 0 atom stereocenters. The summed E-state index contributed by atoms with van der Waals surface area (Å²) in [5.74, 6) is 1.09. The Bertz CT molecular complexity index is 929. The van der Waals surface area contributed by atoms with E-state index in [-0.39, 0.29) is 12.5 Å². The molecular formula is C20H18N2O2S. The third-order valence-corrected chi connectivity index (χ3v) is 5.13. The van der Waals surface area contributed by atoms with Crippen molar-refractivity contribution in [2.45, 2.75) is 19.8 Å². The van der Waals surface area contributed by atoms with Crippen LogP contribution in [0, 0.1) is 0 Å². The Morgan fingerprint density at radius 3 is 2.64 bits per heavy atom. The number of benzene rings is 2. The van der Waals surface area contributed by atoms with E-state index >= 15 is 0 Å². The highest BCUT2D eigenvalue weighted by Gasteiger charge is 2.17. The molecule has 1 amide bonds. The lowest BCUT2D eigenvalue weighted by Crippen LogP contribution is -2.25. The molecule has 0 bridgehead atoms. The number of nitrogens with zero attached hydrogens (tertiary/aromatic N) is 1. The summed E-state index contributed by atoms with van der Waals surface area (Å²) in [6.07, 6.45) is 0. The Kier molecular flexibility index (Phi) is 4.01. The summed E-state index contributed by atoms with van der Waals surface area (Å²) in [4.78, 5) is 16.2. The summed E-state index contributed by atoms with van der Waals surface area (Å²) in [7, 11) is 0. The largest absolute Gasteiger partial charge is 0.482 e. The topological polar surface area (TPSA) is 51.2 Å². The second-order valence-electron chi connectivity index (χ2n) is 6.36. The molecule has 4 rings (SSSR count). The number of rotatable bonds is 3. The van der Waals surface area contributed by atoms with Gasteiger partial charge in [0, 0.05) is 16.5 Å². The first-order valence-electron chi connectivity index (χ1n) is 8.23. The van der Waals surface area contributed by atoms with E-state index < -0.39 is 0 Å². The van der Waals surface area contributed by atoms with Crippen molar-refractivity contribution in [3.8, 4) is 27.6 Å². The van der Waals surface area contributed by atoms with Crippen LogP contribution in [0.2, 0.25) is 0 Å². The molecule has 25 heavy (non-hydrogen) atoms. The highest BCUT2D eigenvalue weighted by atomic mass is 32.1. The van der Waals surface area contributed by atoms with Gasteiger partial charge in [0.25, 0.3) is 5.91 Å². The number of anilines is 1. The maximum Gasteiger partial charge on any atom is 0.262 e. The minimum absolute atomic E-state index is 0.0690. The predicted octanol–water partition coefficient (Wildman–Crippen LogP) is 4.93. The quantitative estimate of drug-likeness (QED) is 0.728. The Labute approximate surface area is 150 Å². The smallest absolute Gasteiger partial charge is 0.262 e. The van der Waals surface area contributed by atoms with Gasteiger partial charge in [-0.05, 0) is 29.7 Å². The van der Waals surface area contributed by atoms with Gasteiger partial charge in [-0.2, -0.15) is 0 Å². The number of fused-ring (bicyclic) bond motifs is 1. The summed E-state index contributed by atoms with van der Waals surface area (Å²) < 4.78 is 5.40. The molecule has 1 aromatic heterocycles. The van der Waals surface area contributed by atoms with E-state index in [1.54, 1.807) is 11.3 Å². The summed E-state index contributed by atoms with van der Waals surface area (Å²) >= 11 is 1.62. The number of nitrogens with one attached hydrogen (secondary N) is 1. The molecule has 0 saturated heterocycles. The standard InChI is InChI=1S/C20H18N2O2S/c1-12(2)13-3-5-14(6-4-13)20-22-17(11-25-20)15-7-8-18-16(9-15)21-19(23)10-24-18/h3-9,11-12H,10H2,1-2H3,(H,21,23). The molecule has 3 aromatic rings. The van der Waals surface area contributed by atoms with E-state index in [0.29, 0.717) is 17.4 Å². The van der Waals surface area contributed by atoms with Gasteiger partial charge in [-0.15, -0.1) is 11.3 Å². The number of hydrogen-bond donors (Lipinski definition) is 1. The molecule has 0 aliphatic carbocycles. The molecule has 0 radical (unpaired) electrons. The van der Waals surface area contributed by atoms with E-state index in [9.17, 15) is 4.79 Å². The van der Waals surface area contributed by atoms with Crippen molar-refractivity contribution in [3.63, 3.8) is 0 Å². The van der Waals surface area contributed by atoms with Crippen molar-refractivity contribution >= 4 is 22.9 Å². The van der Waals surface area contributed by atoms with Crippen LogP contribution in [0.25, 0.3) is 21.8 Å². The molecule has 4 nitrogen and oxygen atoms in total. The Balaban J connectivity index is 1.63. The molecule has 1 aliphatic heterocycles. The molecule has 2 heterocycles. The summed E-state index contributed by atoms with van der Waals surface area (Å²) in [5, 5.41) is 5.87. The number of ether oxygens (including phenoxy) is 1. The van der Waals surface area contributed by atoms with Gasteiger partial charge in [0.05, 0.1) is 11.4 Å². The van der Waals surface area contributed by atoms with Gasteiger partial charge in [0.15, 0.2) is 6.61 Å². The molecule has 5 heteroatoms. The van der Waals surface area contributed by atoms with Crippen molar-refractivity contribution in [1.29, 1.82) is 0 Å². The number of thiazole rings is 1. The van der Waals surface area contributed by atoms with Crippen LogP contribution in [-0.2, 0) is 4.79 Å². The third-order valence-electron chi connectivity index (χ3n) is 4.24. The van der Waals surface area contributed by atoms with Crippen LogP contribution >= 0.6 is 11.3 Å². The number of aromatic nitrogens is 1. The molecule has 1 N–H and O–H groups in total. The zero-order valence-corrected chi connectivity index (χ0v) is 14.9. The number of amides is 1. The maximum atomic E-state index is 11.5. The average Bonchev–Trinajstić information content (AvgIpc) is 3.11. The lowest BCUT2D eigenvalue weighted by Gasteiger charge is -2.18. The zero-order chi connectivity index (χ0) is 17.4. The summed E-state index contributed by atoms with van der Waals surface area (Å²) in [6, 6.07) is 14.3. The fraction of sp³-hybridized carbons (Fsp3) is 0.200. The highest BCUT2D eigenvalue weighted by molar-refractivity contribution is 7.13. The van der Waals surface area contributed by atoms with Crippen molar-refractivity contribution in [2.75, 3.05) is 11.9 Å². The van der Waals surface area contributed by atoms with E-state index in [1.165, 1.54) is 5.56 Å². The van der Waals surface area contributed by atoms with Gasteiger partial charge in [-0.3, -0.25) is 4.79 Å². The number of carbonyl (C=O) groups is 1. The number of hydrogen-bond acceptors (Lipinski definition) is 4. The van der Waals surface area contributed by atoms with Crippen LogP contribution in [0.1, 0.15) is 25.3 Å². The Morgan fingerprint density at radius 2 is 1.88 bits per heavy atom. The van der Waals surface area contributed by atoms with Gasteiger partial charge in [-0.1, -0.05) is 38.1 Å². The Morgan fingerprint density at radius 1 is 1.12 bits per heavy atom. The average molecular weight is 350 g/mol. The van der Waals surface area contributed by atoms with Crippen molar-refractivity contribution in [3.05, 3.63) is 53.4 Å². The molecule has 126 valence electrons. The fourth-order valence-corrected chi connectivity index (χ4v) is 3.63. The van der Waals surface area contributed by atoms with Crippen LogP contribution < -0.4 is 10.1 Å². The third kappa shape index (κ3) is 3.15. The van der Waals surface area contributed by atoms with Crippen LogP contribution in [0.3, 0.4) is 0 Å². The minimum Gasteiger partial charge on any atom is -0.482 e. The lowest BCUT2D eigenvalue weighted by atomic mass is 10.0. The second kappa shape index (κ2) is 6.33. The van der Waals surface area contributed by atoms with Crippen LogP contribution in [-0.4, -0.2) is 17.5 Å². The first kappa shape index (κ1) is 15.8. The molecule has 0 saturated carbocycles. The molecular weight excluding hydrogens is 332 g/mol. The summed E-state index contributed by atoms with van der Waals surface area (Å²) in [5.41, 5.74) is 5.01. The molecule has 0 fully saturated rings. The van der Waals surface area contributed by atoms with Crippen LogP contribution in [0.5, 0.6) is 5.75 Å². The zero-order valence-electron chi connectivity index (χ0n) is 14.1. The van der Waals surface area contributed by atoms with E-state index in [2.05, 4.69) is 43.4 Å². The van der Waals surface area contributed by atoms with E-state index in [4.69, 9.17) is 9.72 Å². The fourth-order valence-electron chi connectivity index (χ4n) is 2.79. The van der Waals surface area contributed by atoms with Crippen molar-refractivity contribution < 1.29 is 9.53 Å². The molecule has 0 spiro atoms. The molecule has 2 aromatic carbocycles. The monoisotopic (exact) mass is 350 g/mol. The van der Waals surface area contributed by atoms with Crippen molar-refractivity contribution in [2.24, 2.45) is 0 Å². The van der Waals surface area contributed by atoms with Crippen LogP contribution in [0.15, 0.2) is 47.8 Å².